The van der Waals surface area contributed by atoms with Crippen molar-refractivity contribution in [3.8, 4) is 0 Å². The van der Waals surface area contributed by atoms with Gasteiger partial charge in [-0.25, -0.2) is 14.4 Å². The maximum absolute atomic E-state index is 14.1. The van der Waals surface area contributed by atoms with Gasteiger partial charge in [-0.15, -0.1) is 0 Å². The van der Waals surface area contributed by atoms with E-state index < -0.39 is 58.9 Å². The minimum atomic E-state index is -5.11. The predicted octanol–water partition coefficient (Wildman–Crippen LogP) is 3.07. The number of fused-ring (bicyclic) bond motifs is 1. The second kappa shape index (κ2) is 10.5. The molecule has 10 nitrogen and oxygen atoms in total. The summed E-state index contributed by atoms with van der Waals surface area (Å²) < 4.78 is 55.8. The highest BCUT2D eigenvalue weighted by molar-refractivity contribution is 6.16. The Kier molecular flexibility index (Phi) is 8.50. The standard InChI is InChI=1S/C24H32F3N3O7/c1-8-35-18(32)24(19(33)36-9-2,28-13-22(25,26)27)23(29-20(34)37-21(4,5)6)15-12-10-11-14(3)16(15)30(7)17(23)31/h10-11,13,15H,8-9,12H2,1-7H3,(H,29,34)/t15?,23-/m1/s1. The molecule has 13 heteroatoms. The van der Waals surface area contributed by atoms with Crippen LogP contribution in [0.15, 0.2) is 28.4 Å². The molecule has 0 aromatic rings. The average molecular weight is 532 g/mol. The zero-order valence-electron chi connectivity index (χ0n) is 21.8. The van der Waals surface area contributed by atoms with Crippen LogP contribution in [0.4, 0.5) is 18.0 Å². The van der Waals surface area contributed by atoms with Crippen LogP contribution in [0.2, 0.25) is 0 Å². The molecule has 1 aliphatic carbocycles. The first-order chi connectivity index (χ1) is 17.0. The van der Waals surface area contributed by atoms with Crippen LogP contribution in [0.3, 0.4) is 0 Å². The Labute approximate surface area is 212 Å². The summed E-state index contributed by atoms with van der Waals surface area (Å²) in [6, 6.07) is 0. The lowest BCUT2D eigenvalue weighted by molar-refractivity contribution is -0.172. The number of likely N-dealkylation sites (N-methyl/N-ethyl adjacent to an activating group) is 1. The minimum Gasteiger partial charge on any atom is -0.464 e. The molecule has 1 N–H and O–H groups in total. The topological polar surface area (TPSA) is 124 Å². The molecule has 0 saturated carbocycles. The van der Waals surface area contributed by atoms with Crippen molar-refractivity contribution in [2.45, 2.75) is 70.8 Å². The molecule has 1 aliphatic heterocycles. The lowest BCUT2D eigenvalue weighted by atomic mass is 9.66. The fourth-order valence-electron chi connectivity index (χ4n) is 4.61. The van der Waals surface area contributed by atoms with Gasteiger partial charge in [-0.05, 0) is 53.5 Å². The molecule has 1 heterocycles. The lowest BCUT2D eigenvalue weighted by Gasteiger charge is -2.43. The van der Waals surface area contributed by atoms with Crippen molar-refractivity contribution in [2.75, 3.05) is 20.3 Å². The number of likely N-dealkylation sites (tertiary alicyclic amines) is 1. The number of halogens is 3. The monoisotopic (exact) mass is 531 g/mol. The molecule has 2 amide bonds. The summed E-state index contributed by atoms with van der Waals surface area (Å²) in [5.41, 5.74) is -6.34. The Morgan fingerprint density at radius 2 is 1.70 bits per heavy atom. The molecule has 1 unspecified atom stereocenters. The summed E-state index contributed by atoms with van der Waals surface area (Å²) in [4.78, 5) is 58.8. The summed E-state index contributed by atoms with van der Waals surface area (Å²) in [7, 11) is 1.32. The number of carbonyl (C=O) groups is 4. The molecule has 2 atom stereocenters. The summed E-state index contributed by atoms with van der Waals surface area (Å²) in [6.07, 6.45) is -3.71. The smallest absolute Gasteiger partial charge is 0.426 e. The van der Waals surface area contributed by atoms with Gasteiger partial charge in [0.1, 0.15) is 11.8 Å². The first-order valence-electron chi connectivity index (χ1n) is 11.6. The summed E-state index contributed by atoms with van der Waals surface area (Å²) >= 11 is 0. The number of hydrogen-bond donors (Lipinski definition) is 1. The highest BCUT2D eigenvalue weighted by Gasteiger charge is 2.76. The van der Waals surface area contributed by atoms with Crippen molar-refractivity contribution < 1.29 is 46.6 Å². The van der Waals surface area contributed by atoms with E-state index >= 15 is 0 Å². The Morgan fingerprint density at radius 1 is 1.16 bits per heavy atom. The third-order valence-corrected chi connectivity index (χ3v) is 5.81. The third-order valence-electron chi connectivity index (χ3n) is 5.81. The number of esters is 2. The fraction of sp³-hybridized carbons (Fsp3) is 0.625. The van der Waals surface area contributed by atoms with Crippen LogP contribution in [0.5, 0.6) is 0 Å². The van der Waals surface area contributed by atoms with Crippen LogP contribution in [-0.2, 0) is 28.6 Å². The number of aliphatic imine (C=N–C) groups is 1. The summed E-state index contributed by atoms with van der Waals surface area (Å²) in [6.45, 7) is 8.17. The number of hydrogen-bond acceptors (Lipinski definition) is 8. The number of amides is 2. The number of allylic oxidation sites excluding steroid dienone is 3. The zero-order valence-corrected chi connectivity index (χ0v) is 21.8. The second-order valence-electron chi connectivity index (χ2n) is 9.51. The lowest BCUT2D eigenvalue weighted by Crippen LogP contribution is -2.76. The van der Waals surface area contributed by atoms with Gasteiger partial charge in [0.05, 0.1) is 13.2 Å². The predicted molar refractivity (Wildman–Crippen MR) is 125 cm³/mol. The van der Waals surface area contributed by atoms with E-state index in [0.717, 1.165) is 4.90 Å². The highest BCUT2D eigenvalue weighted by atomic mass is 19.4. The maximum Gasteiger partial charge on any atom is 0.426 e. The molecule has 0 bridgehead atoms. The van der Waals surface area contributed by atoms with Crippen molar-refractivity contribution in [2.24, 2.45) is 10.9 Å². The van der Waals surface area contributed by atoms with Crippen molar-refractivity contribution in [1.82, 2.24) is 10.2 Å². The van der Waals surface area contributed by atoms with Gasteiger partial charge < -0.3 is 24.4 Å². The molecule has 0 radical (unpaired) electrons. The second-order valence-corrected chi connectivity index (χ2v) is 9.51. The van der Waals surface area contributed by atoms with Crippen LogP contribution in [0.25, 0.3) is 0 Å². The van der Waals surface area contributed by atoms with Gasteiger partial charge >= 0.3 is 24.2 Å². The van der Waals surface area contributed by atoms with E-state index in [1.54, 1.807) is 19.1 Å². The molecule has 37 heavy (non-hydrogen) atoms. The molecular formula is C24H32F3N3O7. The molecule has 206 valence electrons. The van der Waals surface area contributed by atoms with E-state index in [9.17, 15) is 32.3 Å². The first kappa shape index (κ1) is 29.8. The SMILES string of the molecule is CCOC(=O)C(N=CC(F)(F)F)(C(=O)OCC)[C@]1(NC(=O)OC(C)(C)C)C(=O)N(C)C2=C(C)C=CCC21. The van der Waals surface area contributed by atoms with E-state index in [0.29, 0.717) is 5.57 Å². The number of alkyl halides is 3. The van der Waals surface area contributed by atoms with E-state index in [1.165, 1.54) is 41.7 Å². The van der Waals surface area contributed by atoms with Gasteiger partial charge in [0, 0.05) is 18.7 Å². The Balaban J connectivity index is 3.05. The molecule has 2 rings (SSSR count). The van der Waals surface area contributed by atoms with Crippen LogP contribution < -0.4 is 5.32 Å². The summed E-state index contributed by atoms with van der Waals surface area (Å²) in [5, 5.41) is 2.30. The number of carbonyl (C=O) groups excluding carboxylic acids is 4. The van der Waals surface area contributed by atoms with E-state index in [2.05, 4.69) is 10.3 Å². The van der Waals surface area contributed by atoms with Crippen LogP contribution >= 0.6 is 0 Å². The largest absolute Gasteiger partial charge is 0.464 e. The third kappa shape index (κ3) is 5.49. The molecule has 0 aromatic heterocycles. The van der Waals surface area contributed by atoms with Gasteiger partial charge in [-0.3, -0.25) is 9.79 Å². The van der Waals surface area contributed by atoms with Gasteiger partial charge in [-0.2, -0.15) is 13.2 Å². The normalized spacial score (nSPS) is 22.3. The Bertz CT molecular complexity index is 1030. The Hall–Kier alpha value is -3.38. The number of nitrogens with zero attached hydrogens (tertiary/aromatic N) is 2. The maximum atomic E-state index is 14.1. The number of ether oxygens (including phenoxy) is 3. The van der Waals surface area contributed by atoms with Crippen LogP contribution in [-0.4, -0.2) is 78.2 Å². The minimum absolute atomic E-state index is 0.0410. The quantitative estimate of drug-likeness (QED) is 0.232. The van der Waals surface area contributed by atoms with E-state index in [-0.39, 0.29) is 25.3 Å². The zero-order chi connectivity index (χ0) is 28.4. The Morgan fingerprint density at radius 3 is 2.16 bits per heavy atom. The van der Waals surface area contributed by atoms with E-state index in [4.69, 9.17) is 14.2 Å². The number of nitrogens with one attached hydrogen (secondary N) is 1. The van der Waals surface area contributed by atoms with Gasteiger partial charge in [0.25, 0.3) is 11.4 Å². The van der Waals surface area contributed by atoms with E-state index in [1.807, 2.05) is 0 Å². The molecular weight excluding hydrogens is 499 g/mol. The van der Waals surface area contributed by atoms with Crippen LogP contribution in [0.1, 0.15) is 48.0 Å². The van der Waals surface area contributed by atoms with Gasteiger partial charge in [-0.1, -0.05) is 12.2 Å². The summed E-state index contributed by atoms with van der Waals surface area (Å²) in [5.74, 6) is -5.47. The van der Waals surface area contributed by atoms with Crippen molar-refractivity contribution in [3.63, 3.8) is 0 Å². The molecule has 1 saturated heterocycles. The molecule has 0 spiro atoms. The van der Waals surface area contributed by atoms with Crippen molar-refractivity contribution in [3.05, 3.63) is 23.4 Å². The number of alkyl carbamates (subject to hydrolysis) is 1. The number of rotatable bonds is 7. The van der Waals surface area contributed by atoms with Crippen LogP contribution in [0, 0.1) is 5.92 Å². The fourth-order valence-corrected chi connectivity index (χ4v) is 4.61. The average Bonchev–Trinajstić information content (AvgIpc) is 2.96. The van der Waals surface area contributed by atoms with Crippen molar-refractivity contribution in [1.29, 1.82) is 0 Å². The highest BCUT2D eigenvalue weighted by Crippen LogP contribution is 2.50. The molecule has 1 fully saturated rings. The van der Waals surface area contributed by atoms with Gasteiger partial charge in [0.15, 0.2) is 5.54 Å². The molecule has 0 aromatic carbocycles. The van der Waals surface area contributed by atoms with Crippen molar-refractivity contribution >= 4 is 30.2 Å². The first-order valence-corrected chi connectivity index (χ1v) is 11.6. The molecule has 2 aliphatic rings. The van der Waals surface area contributed by atoms with Gasteiger partial charge in [0.2, 0.25) is 0 Å².